The lowest BCUT2D eigenvalue weighted by Gasteiger charge is -2.04. The van der Waals surface area contributed by atoms with Gasteiger partial charge in [0, 0.05) is 11.1 Å². The second-order valence-electron chi connectivity index (χ2n) is 4.51. The summed E-state index contributed by atoms with van der Waals surface area (Å²) in [6, 6.07) is 19.7. The number of ether oxygens (including phenoxy) is 1. The van der Waals surface area contributed by atoms with Crippen LogP contribution in [0.25, 0.3) is 0 Å². The summed E-state index contributed by atoms with van der Waals surface area (Å²) in [5.74, 6) is 6.12. The highest BCUT2D eigenvalue weighted by Crippen LogP contribution is 2.03. The van der Waals surface area contributed by atoms with Crippen LogP contribution in [-0.2, 0) is 11.3 Å². The molecule has 0 atom stereocenters. The third-order valence-corrected chi connectivity index (χ3v) is 2.85. The molecular formula is C19H18O2. The summed E-state index contributed by atoms with van der Waals surface area (Å²) < 4.78 is 5.64. The van der Waals surface area contributed by atoms with E-state index in [0.717, 1.165) is 16.7 Å². The molecular weight excluding hydrogens is 260 g/mol. The molecule has 1 N–H and O–H groups in total. The first-order valence-corrected chi connectivity index (χ1v) is 6.87. The van der Waals surface area contributed by atoms with Crippen LogP contribution in [0.4, 0.5) is 0 Å². The predicted molar refractivity (Wildman–Crippen MR) is 84.6 cm³/mol. The largest absolute Gasteiger partial charge is 0.392 e. The van der Waals surface area contributed by atoms with Gasteiger partial charge in [0.05, 0.1) is 19.8 Å². The SMILES string of the molecule is OC/C=C(\C#Cc1ccccc1)COCc1ccccc1. The topological polar surface area (TPSA) is 29.5 Å². The quantitative estimate of drug-likeness (QED) is 0.851. The van der Waals surface area contributed by atoms with E-state index in [1.165, 1.54) is 0 Å². The maximum absolute atomic E-state index is 9.05. The van der Waals surface area contributed by atoms with Gasteiger partial charge in [-0.3, -0.25) is 0 Å². The van der Waals surface area contributed by atoms with Gasteiger partial charge < -0.3 is 9.84 Å². The molecule has 2 rings (SSSR count). The molecule has 0 aromatic heterocycles. The van der Waals surface area contributed by atoms with E-state index in [0.29, 0.717) is 13.2 Å². The van der Waals surface area contributed by atoms with Crippen LogP contribution in [0.1, 0.15) is 11.1 Å². The van der Waals surface area contributed by atoms with Crippen molar-refractivity contribution >= 4 is 0 Å². The van der Waals surface area contributed by atoms with Crippen molar-refractivity contribution in [1.29, 1.82) is 0 Å². The molecule has 0 fully saturated rings. The van der Waals surface area contributed by atoms with Crippen molar-refractivity contribution in [3.63, 3.8) is 0 Å². The molecule has 2 heteroatoms. The summed E-state index contributed by atoms with van der Waals surface area (Å²) in [6.45, 7) is 0.902. The minimum atomic E-state index is -0.0342. The lowest BCUT2D eigenvalue weighted by Crippen LogP contribution is -1.98. The van der Waals surface area contributed by atoms with Crippen LogP contribution in [-0.4, -0.2) is 18.3 Å². The summed E-state index contributed by atoms with van der Waals surface area (Å²) in [5, 5.41) is 9.05. The fourth-order valence-electron chi connectivity index (χ4n) is 1.78. The van der Waals surface area contributed by atoms with Crippen molar-refractivity contribution in [3.05, 3.63) is 83.4 Å². The first kappa shape index (κ1) is 15.1. The van der Waals surface area contributed by atoms with Crippen LogP contribution in [0.15, 0.2) is 72.3 Å². The third-order valence-electron chi connectivity index (χ3n) is 2.85. The van der Waals surface area contributed by atoms with Crippen LogP contribution in [0.2, 0.25) is 0 Å². The van der Waals surface area contributed by atoms with Gasteiger partial charge in [-0.2, -0.15) is 0 Å². The Balaban J connectivity index is 1.91. The van der Waals surface area contributed by atoms with Crippen LogP contribution < -0.4 is 0 Å². The zero-order valence-corrected chi connectivity index (χ0v) is 11.8. The minimum absolute atomic E-state index is 0.0342. The lowest BCUT2D eigenvalue weighted by atomic mass is 10.2. The van der Waals surface area contributed by atoms with Crippen LogP contribution in [0.5, 0.6) is 0 Å². The van der Waals surface area contributed by atoms with Gasteiger partial charge in [-0.05, 0) is 23.8 Å². The molecule has 0 aliphatic heterocycles. The Morgan fingerprint density at radius 1 is 1.00 bits per heavy atom. The summed E-state index contributed by atoms with van der Waals surface area (Å²) >= 11 is 0. The Labute approximate surface area is 125 Å². The fraction of sp³-hybridized carbons (Fsp3) is 0.158. The van der Waals surface area contributed by atoms with E-state index in [1.54, 1.807) is 6.08 Å². The van der Waals surface area contributed by atoms with Gasteiger partial charge in [0.2, 0.25) is 0 Å². The molecule has 0 amide bonds. The molecule has 0 saturated carbocycles. The number of aliphatic hydroxyl groups excluding tert-OH is 1. The van der Waals surface area contributed by atoms with Crippen LogP contribution in [0, 0.1) is 11.8 Å². The molecule has 0 bridgehead atoms. The van der Waals surface area contributed by atoms with E-state index in [9.17, 15) is 0 Å². The molecule has 2 aromatic rings. The van der Waals surface area contributed by atoms with Crippen molar-refractivity contribution in [2.45, 2.75) is 6.61 Å². The minimum Gasteiger partial charge on any atom is -0.392 e. The van der Waals surface area contributed by atoms with Crippen LogP contribution >= 0.6 is 0 Å². The summed E-state index contributed by atoms with van der Waals surface area (Å²) in [4.78, 5) is 0. The number of hydrogen-bond acceptors (Lipinski definition) is 2. The first-order valence-electron chi connectivity index (χ1n) is 6.87. The maximum atomic E-state index is 9.05. The zero-order valence-electron chi connectivity index (χ0n) is 11.8. The molecule has 0 unspecified atom stereocenters. The zero-order chi connectivity index (χ0) is 14.8. The van der Waals surface area contributed by atoms with E-state index < -0.39 is 0 Å². The highest BCUT2D eigenvalue weighted by atomic mass is 16.5. The van der Waals surface area contributed by atoms with E-state index in [2.05, 4.69) is 11.8 Å². The number of hydrogen-bond donors (Lipinski definition) is 1. The Hall–Kier alpha value is -2.34. The van der Waals surface area contributed by atoms with E-state index in [1.807, 2.05) is 60.7 Å². The average Bonchev–Trinajstić information content (AvgIpc) is 2.54. The summed E-state index contributed by atoms with van der Waals surface area (Å²) in [6.07, 6.45) is 1.68. The van der Waals surface area contributed by atoms with Crippen molar-refractivity contribution in [2.24, 2.45) is 0 Å². The van der Waals surface area contributed by atoms with Gasteiger partial charge in [-0.15, -0.1) is 0 Å². The Kier molecular flexibility index (Phi) is 6.28. The number of benzene rings is 2. The highest BCUT2D eigenvalue weighted by molar-refractivity contribution is 5.40. The van der Waals surface area contributed by atoms with Gasteiger partial charge in [-0.1, -0.05) is 60.4 Å². The number of rotatable bonds is 5. The van der Waals surface area contributed by atoms with Crippen LogP contribution in [0.3, 0.4) is 0 Å². The Morgan fingerprint density at radius 2 is 1.67 bits per heavy atom. The number of aliphatic hydroxyl groups is 1. The fourth-order valence-corrected chi connectivity index (χ4v) is 1.78. The third kappa shape index (κ3) is 5.66. The molecule has 0 heterocycles. The Morgan fingerprint density at radius 3 is 2.33 bits per heavy atom. The lowest BCUT2D eigenvalue weighted by molar-refractivity contribution is 0.144. The smallest absolute Gasteiger partial charge is 0.0797 e. The van der Waals surface area contributed by atoms with E-state index in [4.69, 9.17) is 9.84 Å². The van der Waals surface area contributed by atoms with E-state index >= 15 is 0 Å². The maximum Gasteiger partial charge on any atom is 0.0797 e. The molecule has 106 valence electrons. The van der Waals surface area contributed by atoms with Gasteiger partial charge in [-0.25, -0.2) is 0 Å². The first-order chi connectivity index (χ1) is 10.4. The second kappa shape index (κ2) is 8.76. The van der Waals surface area contributed by atoms with Gasteiger partial charge in [0.25, 0.3) is 0 Å². The van der Waals surface area contributed by atoms with Crippen molar-refractivity contribution in [2.75, 3.05) is 13.2 Å². The predicted octanol–water partition coefficient (Wildman–Crippen LogP) is 3.17. The average molecular weight is 278 g/mol. The molecule has 0 aliphatic rings. The van der Waals surface area contributed by atoms with E-state index in [-0.39, 0.29) is 6.61 Å². The molecule has 2 aromatic carbocycles. The highest BCUT2D eigenvalue weighted by Gasteiger charge is 1.95. The molecule has 0 radical (unpaired) electrons. The van der Waals surface area contributed by atoms with Gasteiger partial charge in [0.15, 0.2) is 0 Å². The Bertz CT molecular complexity index is 619. The monoisotopic (exact) mass is 278 g/mol. The standard InChI is InChI=1S/C19H18O2/c20-14-13-19(12-11-17-7-3-1-4-8-17)16-21-15-18-9-5-2-6-10-18/h1-10,13,20H,14-16H2/b19-13+. The normalized spacial score (nSPS) is 10.8. The van der Waals surface area contributed by atoms with Crippen molar-refractivity contribution in [3.8, 4) is 11.8 Å². The molecule has 2 nitrogen and oxygen atoms in total. The van der Waals surface area contributed by atoms with Gasteiger partial charge >= 0.3 is 0 Å². The van der Waals surface area contributed by atoms with Crippen molar-refractivity contribution in [1.82, 2.24) is 0 Å². The van der Waals surface area contributed by atoms with Crippen molar-refractivity contribution < 1.29 is 9.84 Å². The molecule has 21 heavy (non-hydrogen) atoms. The molecule has 0 aliphatic carbocycles. The molecule has 0 spiro atoms. The summed E-state index contributed by atoms with van der Waals surface area (Å²) in [7, 11) is 0. The van der Waals surface area contributed by atoms with Gasteiger partial charge in [0.1, 0.15) is 0 Å². The summed E-state index contributed by atoms with van der Waals surface area (Å²) in [5.41, 5.74) is 2.86. The molecule has 0 saturated heterocycles. The second-order valence-corrected chi connectivity index (χ2v) is 4.51.